The van der Waals surface area contributed by atoms with E-state index in [-0.39, 0.29) is 11.7 Å². The molecule has 0 aliphatic rings. The third-order valence-electron chi connectivity index (χ3n) is 2.57. The van der Waals surface area contributed by atoms with Gasteiger partial charge in [0.2, 0.25) is 5.82 Å². The molecule has 1 atom stereocenters. The van der Waals surface area contributed by atoms with E-state index in [1.807, 2.05) is 6.92 Å². The Hall–Kier alpha value is -1.63. The fraction of sp³-hybridized carbons (Fsp3) is 0.700. The van der Waals surface area contributed by atoms with Gasteiger partial charge in [0.05, 0.1) is 17.6 Å². The molecule has 0 saturated carbocycles. The van der Waals surface area contributed by atoms with Crippen molar-refractivity contribution in [1.82, 2.24) is 9.78 Å². The Morgan fingerprint density at radius 3 is 2.76 bits per heavy atom. The first-order valence-corrected chi connectivity index (χ1v) is 5.44. The summed E-state index contributed by atoms with van der Waals surface area (Å²) in [6.07, 6.45) is 0.815. The highest BCUT2D eigenvalue weighted by molar-refractivity contribution is 5.59. The number of methoxy groups -OCH3 is 1. The highest BCUT2D eigenvalue weighted by atomic mass is 16.6. The maximum atomic E-state index is 11.0. The van der Waals surface area contributed by atoms with Gasteiger partial charge in [0, 0.05) is 14.2 Å². The van der Waals surface area contributed by atoms with Gasteiger partial charge in [-0.25, -0.2) is 4.68 Å². The number of anilines is 1. The minimum Gasteiger partial charge on any atom is -0.383 e. The number of ether oxygens (including phenoxy) is 1. The zero-order valence-corrected chi connectivity index (χ0v) is 10.6. The fourth-order valence-corrected chi connectivity index (χ4v) is 1.68. The van der Waals surface area contributed by atoms with Crippen molar-refractivity contribution >= 4 is 11.5 Å². The van der Waals surface area contributed by atoms with E-state index < -0.39 is 4.92 Å². The average molecular weight is 242 g/mol. The second-order valence-corrected chi connectivity index (χ2v) is 3.87. The molecule has 1 rings (SSSR count). The third kappa shape index (κ3) is 2.94. The molecular formula is C10H18N4O3. The predicted molar refractivity (Wildman–Crippen MR) is 64.2 cm³/mol. The molecule has 0 saturated heterocycles. The smallest absolute Gasteiger partial charge is 0.333 e. The quantitative estimate of drug-likeness (QED) is 0.603. The zero-order chi connectivity index (χ0) is 13.0. The number of nitrogens with zero attached hydrogens (tertiary/aromatic N) is 3. The summed E-state index contributed by atoms with van der Waals surface area (Å²) < 4.78 is 6.54. The molecule has 0 aliphatic heterocycles. The number of aromatic nitrogens is 2. The van der Waals surface area contributed by atoms with Crippen molar-refractivity contribution in [2.24, 2.45) is 7.05 Å². The van der Waals surface area contributed by atoms with Gasteiger partial charge in [0.15, 0.2) is 0 Å². The first-order valence-electron chi connectivity index (χ1n) is 5.44. The van der Waals surface area contributed by atoms with E-state index in [9.17, 15) is 10.1 Å². The van der Waals surface area contributed by atoms with Crippen LogP contribution < -0.4 is 5.32 Å². The standard InChI is InChI=1S/C10H18N4O3/c1-5-8(6-17-4)11-10-9(14(15)16)7(2)12-13(10)3/h8,11H,5-6H2,1-4H3. The van der Waals surface area contributed by atoms with Crippen LogP contribution >= 0.6 is 0 Å². The lowest BCUT2D eigenvalue weighted by molar-refractivity contribution is -0.384. The van der Waals surface area contributed by atoms with Gasteiger partial charge in [0.1, 0.15) is 5.69 Å². The van der Waals surface area contributed by atoms with E-state index >= 15 is 0 Å². The molecule has 0 aliphatic carbocycles. The van der Waals surface area contributed by atoms with Gasteiger partial charge in [0.25, 0.3) is 0 Å². The Morgan fingerprint density at radius 1 is 1.65 bits per heavy atom. The molecule has 1 aromatic rings. The van der Waals surface area contributed by atoms with E-state index in [2.05, 4.69) is 10.4 Å². The third-order valence-corrected chi connectivity index (χ3v) is 2.57. The molecule has 0 aromatic carbocycles. The van der Waals surface area contributed by atoms with Crippen molar-refractivity contribution < 1.29 is 9.66 Å². The molecule has 1 heterocycles. The number of hydrogen-bond donors (Lipinski definition) is 1. The normalized spacial score (nSPS) is 12.5. The summed E-state index contributed by atoms with van der Waals surface area (Å²) in [5.41, 5.74) is 0.439. The number of aryl methyl sites for hydroxylation is 2. The molecule has 17 heavy (non-hydrogen) atoms. The van der Waals surface area contributed by atoms with E-state index in [1.54, 1.807) is 21.1 Å². The van der Waals surface area contributed by atoms with Gasteiger partial charge in [-0.3, -0.25) is 10.1 Å². The summed E-state index contributed by atoms with van der Waals surface area (Å²) in [6.45, 7) is 4.12. The van der Waals surface area contributed by atoms with Crippen LogP contribution in [0.5, 0.6) is 0 Å². The molecule has 7 heteroatoms. The van der Waals surface area contributed by atoms with Crippen molar-refractivity contribution in [3.05, 3.63) is 15.8 Å². The number of nitro groups is 1. The van der Waals surface area contributed by atoms with Gasteiger partial charge >= 0.3 is 5.69 Å². The summed E-state index contributed by atoms with van der Waals surface area (Å²) in [4.78, 5) is 10.6. The SMILES string of the molecule is CCC(COC)Nc1c([N+](=O)[O-])c(C)nn1C. The van der Waals surface area contributed by atoms with Gasteiger partial charge in [-0.1, -0.05) is 6.92 Å². The van der Waals surface area contributed by atoms with Crippen LogP contribution in [-0.2, 0) is 11.8 Å². The van der Waals surface area contributed by atoms with Crippen molar-refractivity contribution in [1.29, 1.82) is 0 Å². The number of hydrogen-bond acceptors (Lipinski definition) is 5. The van der Waals surface area contributed by atoms with E-state index in [1.165, 1.54) is 4.68 Å². The predicted octanol–water partition coefficient (Wildman–Crippen LogP) is 1.47. The van der Waals surface area contributed by atoms with Crippen LogP contribution in [0.15, 0.2) is 0 Å². The van der Waals surface area contributed by atoms with Crippen molar-refractivity contribution in [3.8, 4) is 0 Å². The van der Waals surface area contributed by atoms with Gasteiger partial charge in [-0.2, -0.15) is 5.10 Å². The van der Waals surface area contributed by atoms with Crippen molar-refractivity contribution in [3.63, 3.8) is 0 Å². The van der Waals surface area contributed by atoms with Gasteiger partial charge < -0.3 is 10.1 Å². The summed E-state index contributed by atoms with van der Waals surface area (Å²) in [7, 11) is 3.29. The average Bonchev–Trinajstić information content (AvgIpc) is 2.53. The molecule has 1 unspecified atom stereocenters. The molecule has 0 spiro atoms. The highest BCUT2D eigenvalue weighted by Crippen LogP contribution is 2.28. The molecule has 0 fully saturated rings. The van der Waals surface area contributed by atoms with Crippen LogP contribution in [-0.4, -0.2) is 34.5 Å². The van der Waals surface area contributed by atoms with Crippen LogP contribution in [0.25, 0.3) is 0 Å². The molecule has 7 nitrogen and oxygen atoms in total. The minimum absolute atomic E-state index is 0.0297. The lowest BCUT2D eigenvalue weighted by atomic mass is 10.2. The van der Waals surface area contributed by atoms with Crippen LogP contribution in [0.4, 0.5) is 11.5 Å². The van der Waals surface area contributed by atoms with Crippen LogP contribution in [0.3, 0.4) is 0 Å². The second-order valence-electron chi connectivity index (χ2n) is 3.87. The van der Waals surface area contributed by atoms with Gasteiger partial charge in [-0.05, 0) is 13.3 Å². The maximum Gasteiger partial charge on any atom is 0.333 e. The summed E-state index contributed by atoms with van der Waals surface area (Å²) >= 11 is 0. The van der Waals surface area contributed by atoms with Crippen LogP contribution in [0.1, 0.15) is 19.0 Å². The Kier molecular flexibility index (Phi) is 4.45. The molecule has 96 valence electrons. The van der Waals surface area contributed by atoms with Gasteiger partial charge in [-0.15, -0.1) is 0 Å². The van der Waals surface area contributed by atoms with Crippen LogP contribution in [0, 0.1) is 17.0 Å². The Bertz CT molecular complexity index is 403. The van der Waals surface area contributed by atoms with Crippen LogP contribution in [0.2, 0.25) is 0 Å². The largest absolute Gasteiger partial charge is 0.383 e. The molecule has 0 radical (unpaired) electrons. The lowest BCUT2D eigenvalue weighted by Crippen LogP contribution is -2.25. The Balaban J connectivity index is 3.00. The van der Waals surface area contributed by atoms with E-state index in [0.717, 1.165) is 6.42 Å². The Morgan fingerprint density at radius 2 is 2.29 bits per heavy atom. The van der Waals surface area contributed by atoms with Crippen molar-refractivity contribution in [2.75, 3.05) is 19.0 Å². The zero-order valence-electron chi connectivity index (χ0n) is 10.6. The minimum atomic E-state index is -0.413. The molecular weight excluding hydrogens is 224 g/mol. The maximum absolute atomic E-state index is 11.0. The Labute approximate surface area is 99.9 Å². The molecule has 0 amide bonds. The number of rotatable bonds is 6. The van der Waals surface area contributed by atoms with E-state index in [0.29, 0.717) is 18.1 Å². The summed E-state index contributed by atoms with van der Waals surface area (Å²) in [5.74, 6) is 0.427. The first kappa shape index (κ1) is 13.4. The topological polar surface area (TPSA) is 82.2 Å². The first-order chi connectivity index (χ1) is 8.01. The molecule has 1 aromatic heterocycles. The van der Waals surface area contributed by atoms with E-state index in [4.69, 9.17) is 4.74 Å². The van der Waals surface area contributed by atoms with Crippen molar-refractivity contribution in [2.45, 2.75) is 26.3 Å². The fourth-order valence-electron chi connectivity index (χ4n) is 1.68. The highest BCUT2D eigenvalue weighted by Gasteiger charge is 2.25. The number of nitrogens with one attached hydrogen (secondary N) is 1. The molecule has 0 bridgehead atoms. The second kappa shape index (κ2) is 5.62. The monoisotopic (exact) mass is 242 g/mol. The lowest BCUT2D eigenvalue weighted by Gasteiger charge is -2.16. The summed E-state index contributed by atoms with van der Waals surface area (Å²) in [6, 6.07) is 0.0356. The molecule has 1 N–H and O–H groups in total. The summed E-state index contributed by atoms with van der Waals surface area (Å²) in [5, 5.41) is 18.1.